The van der Waals surface area contributed by atoms with Crippen molar-refractivity contribution in [2.75, 3.05) is 45.6 Å². The van der Waals surface area contributed by atoms with E-state index in [4.69, 9.17) is 9.29 Å². The van der Waals surface area contributed by atoms with Gasteiger partial charge in [-0.25, -0.2) is 0 Å². The number of hydrogen-bond acceptors (Lipinski definition) is 3. The van der Waals surface area contributed by atoms with Crippen molar-refractivity contribution in [3.05, 3.63) is 0 Å². The van der Waals surface area contributed by atoms with Gasteiger partial charge in [0.1, 0.15) is 13.1 Å². The number of rotatable bonds is 16. The Morgan fingerprint density at radius 1 is 0.724 bits per heavy atom. The van der Waals surface area contributed by atoms with Crippen LogP contribution in [0.25, 0.3) is 0 Å². The monoisotopic (exact) mass is 436 g/mol. The van der Waals surface area contributed by atoms with Gasteiger partial charge in [-0.3, -0.25) is 4.55 Å². The quantitative estimate of drug-likeness (QED) is 0.188. The van der Waals surface area contributed by atoms with Crippen molar-refractivity contribution in [1.82, 2.24) is 0 Å². The number of nitrogens with zero attached hydrogens (tertiary/aromatic N) is 1. The van der Waals surface area contributed by atoms with Crippen molar-refractivity contribution < 1.29 is 22.2 Å². The molecular formula is C23H50NO4S+. The van der Waals surface area contributed by atoms with Crippen LogP contribution in [0.4, 0.5) is 0 Å². The van der Waals surface area contributed by atoms with Crippen LogP contribution in [0.15, 0.2) is 0 Å². The van der Waals surface area contributed by atoms with E-state index in [1.807, 2.05) is 0 Å². The second-order valence-corrected chi connectivity index (χ2v) is 10.2. The lowest BCUT2D eigenvalue weighted by molar-refractivity contribution is -0.933. The molecule has 0 radical (unpaired) electrons. The van der Waals surface area contributed by atoms with Crippen LogP contribution in [-0.4, -0.2) is 63.1 Å². The normalized spacial score (nSPS) is 16.3. The van der Waals surface area contributed by atoms with Crippen LogP contribution in [0.5, 0.6) is 0 Å². The fourth-order valence-electron chi connectivity index (χ4n) is 4.07. The van der Waals surface area contributed by atoms with Gasteiger partial charge in [0, 0.05) is 0 Å². The Morgan fingerprint density at radius 3 is 1.41 bits per heavy atom. The second-order valence-electron chi connectivity index (χ2n) is 8.77. The average molecular weight is 437 g/mol. The molecular weight excluding hydrogens is 386 g/mol. The minimum absolute atomic E-state index is 0.715. The molecule has 6 heteroatoms. The molecule has 0 amide bonds. The first-order valence-electron chi connectivity index (χ1n) is 12.2. The number of likely N-dealkylation sites (N-methyl/N-ethyl adjacent to an activating group) is 1. The highest BCUT2D eigenvalue weighted by Gasteiger charge is 2.27. The van der Waals surface area contributed by atoms with E-state index >= 15 is 0 Å². The number of unbranched alkanes of at least 4 members (excludes halogenated alkanes) is 13. The lowest BCUT2D eigenvalue weighted by Gasteiger charge is -2.40. The average Bonchev–Trinajstić information content (AvgIpc) is 2.68. The first-order valence-corrected chi connectivity index (χ1v) is 14.0. The van der Waals surface area contributed by atoms with Gasteiger partial charge in [0.25, 0.3) is 10.1 Å². The largest absolute Gasteiger partial charge is 0.370 e. The summed E-state index contributed by atoms with van der Waals surface area (Å²) in [6, 6.07) is 0. The van der Waals surface area contributed by atoms with E-state index in [0.29, 0.717) is 6.26 Å². The maximum absolute atomic E-state index is 9.19. The van der Waals surface area contributed by atoms with Crippen LogP contribution in [0.2, 0.25) is 0 Å². The van der Waals surface area contributed by atoms with Crippen LogP contribution < -0.4 is 0 Å². The lowest BCUT2D eigenvalue weighted by Crippen LogP contribution is -2.55. The van der Waals surface area contributed by atoms with Gasteiger partial charge in [0.05, 0.1) is 32.6 Å². The molecule has 1 N–H and O–H groups in total. The van der Waals surface area contributed by atoms with Crippen molar-refractivity contribution in [1.29, 1.82) is 0 Å². The Balaban J connectivity index is 0.00000139. The lowest BCUT2D eigenvalue weighted by atomic mass is 10.0. The molecule has 0 aromatic carbocycles. The number of morpholine rings is 1. The van der Waals surface area contributed by atoms with Gasteiger partial charge in [-0.15, -0.1) is 0 Å². The summed E-state index contributed by atoms with van der Waals surface area (Å²) in [6.45, 7) is 11.8. The van der Waals surface area contributed by atoms with Crippen molar-refractivity contribution in [3.8, 4) is 0 Å². The summed E-state index contributed by atoms with van der Waals surface area (Å²) < 4.78 is 32.7. The van der Waals surface area contributed by atoms with Gasteiger partial charge in [-0.05, 0) is 19.8 Å². The molecule has 5 nitrogen and oxygen atoms in total. The molecule has 1 aliphatic rings. The molecule has 1 aliphatic heterocycles. The van der Waals surface area contributed by atoms with Crippen molar-refractivity contribution in [3.63, 3.8) is 0 Å². The topological polar surface area (TPSA) is 63.6 Å². The third-order valence-corrected chi connectivity index (χ3v) is 6.08. The van der Waals surface area contributed by atoms with Gasteiger partial charge in [0.15, 0.2) is 0 Å². The Kier molecular flexibility index (Phi) is 18.5. The smallest absolute Gasteiger partial charge is 0.261 e. The van der Waals surface area contributed by atoms with Crippen LogP contribution in [0, 0.1) is 0 Å². The van der Waals surface area contributed by atoms with Crippen LogP contribution in [0.1, 0.15) is 104 Å². The molecule has 0 saturated carbocycles. The summed E-state index contributed by atoms with van der Waals surface area (Å²) >= 11 is 0. The zero-order chi connectivity index (χ0) is 21.8. The van der Waals surface area contributed by atoms with E-state index in [-0.39, 0.29) is 0 Å². The standard InChI is InChI=1S/C22H46NO.CH4O3S/c1-3-5-6-7-8-9-10-11-12-13-14-15-16-17-18-23(4-2)19-21-24-22-20-23;1-5(2,3)4/h3-22H2,1-2H3;1H3,(H,2,3,4)/q+1;. The van der Waals surface area contributed by atoms with Crippen molar-refractivity contribution in [2.24, 2.45) is 0 Å². The molecule has 0 unspecified atom stereocenters. The fourth-order valence-corrected chi connectivity index (χ4v) is 4.07. The predicted octanol–water partition coefficient (Wildman–Crippen LogP) is 5.84. The minimum atomic E-state index is -3.67. The number of quaternary nitrogens is 1. The molecule has 0 bridgehead atoms. The third-order valence-electron chi connectivity index (χ3n) is 6.08. The first kappa shape index (κ1) is 28.8. The SMILES string of the molecule is CCCCCCCCCCCCCCCC[N+]1(CC)CCOCC1.CS(=O)(=O)O. The zero-order valence-electron chi connectivity index (χ0n) is 19.7. The summed E-state index contributed by atoms with van der Waals surface area (Å²) in [6.07, 6.45) is 21.1. The van der Waals surface area contributed by atoms with Crippen LogP contribution in [-0.2, 0) is 14.9 Å². The zero-order valence-corrected chi connectivity index (χ0v) is 20.5. The van der Waals surface area contributed by atoms with E-state index < -0.39 is 10.1 Å². The molecule has 0 spiro atoms. The Morgan fingerprint density at radius 2 is 1.07 bits per heavy atom. The summed E-state index contributed by atoms with van der Waals surface area (Å²) in [5, 5.41) is 0. The maximum Gasteiger partial charge on any atom is 0.261 e. The fraction of sp³-hybridized carbons (Fsp3) is 1.00. The molecule has 0 aliphatic carbocycles. The number of hydrogen-bond donors (Lipinski definition) is 1. The van der Waals surface area contributed by atoms with Gasteiger partial charge in [-0.1, -0.05) is 84.0 Å². The second kappa shape index (κ2) is 18.6. The highest BCUT2D eigenvalue weighted by Crippen LogP contribution is 2.16. The van der Waals surface area contributed by atoms with E-state index in [2.05, 4.69) is 13.8 Å². The molecule has 1 heterocycles. The molecule has 176 valence electrons. The first-order chi connectivity index (χ1) is 13.8. The maximum atomic E-state index is 9.19. The predicted molar refractivity (Wildman–Crippen MR) is 124 cm³/mol. The summed E-state index contributed by atoms with van der Waals surface area (Å²) in [5.41, 5.74) is 0. The molecule has 1 rings (SSSR count). The van der Waals surface area contributed by atoms with E-state index in [1.165, 1.54) is 121 Å². The van der Waals surface area contributed by atoms with Crippen molar-refractivity contribution >= 4 is 10.1 Å². The van der Waals surface area contributed by atoms with Gasteiger partial charge < -0.3 is 9.22 Å². The summed E-state index contributed by atoms with van der Waals surface area (Å²) in [4.78, 5) is 0. The van der Waals surface area contributed by atoms with Crippen LogP contribution >= 0.6 is 0 Å². The van der Waals surface area contributed by atoms with E-state index in [0.717, 1.165) is 13.2 Å². The highest BCUT2D eigenvalue weighted by atomic mass is 32.2. The van der Waals surface area contributed by atoms with E-state index in [1.54, 1.807) is 0 Å². The van der Waals surface area contributed by atoms with Gasteiger partial charge in [0.2, 0.25) is 0 Å². The van der Waals surface area contributed by atoms with Crippen LogP contribution in [0.3, 0.4) is 0 Å². The molecule has 1 fully saturated rings. The molecule has 0 atom stereocenters. The van der Waals surface area contributed by atoms with Gasteiger partial charge >= 0.3 is 0 Å². The molecule has 1 saturated heterocycles. The van der Waals surface area contributed by atoms with Crippen molar-refractivity contribution in [2.45, 2.75) is 104 Å². The Labute approximate surface area is 181 Å². The molecule has 29 heavy (non-hydrogen) atoms. The Bertz CT molecular complexity index is 440. The Hall–Kier alpha value is -0.170. The van der Waals surface area contributed by atoms with E-state index in [9.17, 15) is 8.42 Å². The molecule has 0 aromatic rings. The highest BCUT2D eigenvalue weighted by molar-refractivity contribution is 7.85. The number of ether oxygens (including phenoxy) is 1. The minimum Gasteiger partial charge on any atom is -0.370 e. The molecule has 0 aromatic heterocycles. The van der Waals surface area contributed by atoms with Gasteiger partial charge in [-0.2, -0.15) is 8.42 Å². The summed E-state index contributed by atoms with van der Waals surface area (Å²) in [5.74, 6) is 0. The summed E-state index contributed by atoms with van der Waals surface area (Å²) in [7, 11) is -3.67. The third kappa shape index (κ3) is 20.9.